The maximum Gasteiger partial charge on any atom is 0.0704 e. The molecular weight excluding hydrogens is 203 g/mol. The van der Waals surface area contributed by atoms with Crippen molar-refractivity contribution in [1.82, 2.24) is 0 Å². The van der Waals surface area contributed by atoms with Gasteiger partial charge in [0.05, 0.1) is 13.7 Å². The van der Waals surface area contributed by atoms with Gasteiger partial charge in [-0.3, -0.25) is 0 Å². The minimum atomic E-state index is 0.620. The number of halogens is 1. The smallest absolute Gasteiger partial charge is 0.0704 e. The Balaban J connectivity index is 3.08. The van der Waals surface area contributed by atoms with Crippen LogP contribution in [0, 0.1) is 7.11 Å². The molecule has 0 aromatic rings. The number of rotatable bonds is 2. The van der Waals surface area contributed by atoms with E-state index in [2.05, 4.69) is 34.4 Å². The van der Waals surface area contributed by atoms with E-state index in [0.29, 0.717) is 6.61 Å². The lowest BCUT2D eigenvalue weighted by Gasteiger charge is -1.86. The standard InChI is InChI=1S/C5H8IO/c1-5(6)3-4-7-2/h3H,2,4H2,1H3/b5-3-. The van der Waals surface area contributed by atoms with Crippen molar-refractivity contribution in [2.45, 2.75) is 6.92 Å². The fraction of sp³-hybridized carbons (Fsp3) is 0.400. The summed E-state index contributed by atoms with van der Waals surface area (Å²) in [4.78, 5) is 0. The zero-order valence-electron chi connectivity index (χ0n) is 4.28. The summed E-state index contributed by atoms with van der Waals surface area (Å²) in [5.41, 5.74) is 0. The number of allylic oxidation sites excluding steroid dienone is 1. The lowest BCUT2D eigenvalue weighted by Crippen LogP contribution is -1.77. The summed E-state index contributed by atoms with van der Waals surface area (Å²) in [6, 6.07) is 0. The van der Waals surface area contributed by atoms with E-state index in [-0.39, 0.29) is 0 Å². The van der Waals surface area contributed by atoms with Crippen LogP contribution in [0.2, 0.25) is 0 Å². The summed E-state index contributed by atoms with van der Waals surface area (Å²) in [6.07, 6.45) is 1.97. The van der Waals surface area contributed by atoms with Crippen LogP contribution in [0.3, 0.4) is 0 Å². The van der Waals surface area contributed by atoms with Crippen molar-refractivity contribution < 1.29 is 4.74 Å². The molecule has 0 aliphatic carbocycles. The van der Waals surface area contributed by atoms with Gasteiger partial charge in [0.2, 0.25) is 0 Å². The molecule has 2 heteroatoms. The average molecular weight is 211 g/mol. The molecule has 0 aromatic heterocycles. The summed E-state index contributed by atoms with van der Waals surface area (Å²) in [6.45, 7) is 2.63. The first kappa shape index (κ1) is 7.43. The summed E-state index contributed by atoms with van der Waals surface area (Å²) in [7, 11) is 3.21. The van der Waals surface area contributed by atoms with Crippen LogP contribution in [0.1, 0.15) is 6.92 Å². The van der Waals surface area contributed by atoms with E-state index in [4.69, 9.17) is 0 Å². The van der Waals surface area contributed by atoms with Crippen molar-refractivity contribution in [2.75, 3.05) is 6.61 Å². The van der Waals surface area contributed by atoms with Crippen LogP contribution in [0.25, 0.3) is 0 Å². The maximum absolute atomic E-state index is 4.52. The molecule has 41 valence electrons. The first-order valence-electron chi connectivity index (χ1n) is 1.96. The van der Waals surface area contributed by atoms with E-state index in [1.807, 2.05) is 13.0 Å². The highest BCUT2D eigenvalue weighted by Gasteiger charge is 1.74. The second-order valence-electron chi connectivity index (χ2n) is 1.16. The van der Waals surface area contributed by atoms with Crippen LogP contribution < -0.4 is 0 Å². The van der Waals surface area contributed by atoms with E-state index in [1.165, 1.54) is 3.58 Å². The van der Waals surface area contributed by atoms with Crippen LogP contribution in [-0.2, 0) is 4.74 Å². The molecule has 0 aromatic carbocycles. The van der Waals surface area contributed by atoms with Crippen molar-refractivity contribution in [2.24, 2.45) is 0 Å². The van der Waals surface area contributed by atoms with Crippen LogP contribution in [-0.4, -0.2) is 6.61 Å². The molecule has 0 N–H and O–H groups in total. The van der Waals surface area contributed by atoms with Gasteiger partial charge in [-0.05, 0) is 39.2 Å². The van der Waals surface area contributed by atoms with Gasteiger partial charge >= 0.3 is 0 Å². The number of ether oxygens (including phenoxy) is 1. The Morgan fingerprint density at radius 1 is 2.00 bits per heavy atom. The van der Waals surface area contributed by atoms with Crippen molar-refractivity contribution in [3.8, 4) is 0 Å². The van der Waals surface area contributed by atoms with Gasteiger partial charge in [-0.2, -0.15) is 0 Å². The lowest BCUT2D eigenvalue weighted by molar-refractivity contribution is 0.281. The molecule has 0 fully saturated rings. The van der Waals surface area contributed by atoms with Gasteiger partial charge in [0, 0.05) is 0 Å². The van der Waals surface area contributed by atoms with Gasteiger partial charge in [-0.15, -0.1) is 0 Å². The van der Waals surface area contributed by atoms with Crippen molar-refractivity contribution in [3.05, 3.63) is 16.8 Å². The second kappa shape index (κ2) is 4.59. The van der Waals surface area contributed by atoms with Crippen LogP contribution in [0.5, 0.6) is 0 Å². The topological polar surface area (TPSA) is 9.23 Å². The molecule has 0 aliphatic rings. The summed E-state index contributed by atoms with van der Waals surface area (Å²) in [5, 5.41) is 0. The SMILES string of the molecule is [CH2]OC/C=C(/C)I. The second-order valence-corrected chi connectivity index (χ2v) is 2.86. The van der Waals surface area contributed by atoms with E-state index in [1.54, 1.807) is 0 Å². The highest BCUT2D eigenvalue weighted by molar-refractivity contribution is 14.1. The molecule has 0 spiro atoms. The Morgan fingerprint density at radius 2 is 2.57 bits per heavy atom. The Kier molecular flexibility index (Phi) is 4.87. The fourth-order valence-electron chi connectivity index (χ4n) is 0.174. The van der Waals surface area contributed by atoms with Gasteiger partial charge in [-0.1, -0.05) is 0 Å². The zero-order valence-corrected chi connectivity index (χ0v) is 6.44. The predicted molar refractivity (Wildman–Crippen MR) is 39.1 cm³/mol. The highest BCUT2D eigenvalue weighted by atomic mass is 127. The normalized spacial score (nSPS) is 12.1. The first-order valence-corrected chi connectivity index (χ1v) is 3.04. The van der Waals surface area contributed by atoms with Crippen LogP contribution >= 0.6 is 22.6 Å². The maximum atomic E-state index is 4.52. The van der Waals surface area contributed by atoms with E-state index >= 15 is 0 Å². The van der Waals surface area contributed by atoms with Crippen LogP contribution in [0.4, 0.5) is 0 Å². The summed E-state index contributed by atoms with van der Waals surface area (Å²) >= 11 is 2.22. The fourth-order valence-corrected chi connectivity index (χ4v) is 0.354. The summed E-state index contributed by atoms with van der Waals surface area (Å²) in [5.74, 6) is 0. The Bertz CT molecular complexity index is 64.5. The molecular formula is C5H8IO. The minimum absolute atomic E-state index is 0.620. The third-order valence-electron chi connectivity index (χ3n) is 0.482. The molecule has 1 radical (unpaired) electrons. The monoisotopic (exact) mass is 211 g/mol. The van der Waals surface area contributed by atoms with Crippen molar-refractivity contribution in [1.29, 1.82) is 0 Å². The van der Waals surface area contributed by atoms with Gasteiger partial charge in [-0.25, -0.2) is 0 Å². The minimum Gasteiger partial charge on any atom is -0.375 e. The summed E-state index contributed by atoms with van der Waals surface area (Å²) < 4.78 is 5.76. The quantitative estimate of drug-likeness (QED) is 0.635. The van der Waals surface area contributed by atoms with Gasteiger partial charge in [0.25, 0.3) is 0 Å². The molecule has 0 bridgehead atoms. The lowest BCUT2D eigenvalue weighted by atomic mass is 10.6. The van der Waals surface area contributed by atoms with Crippen LogP contribution in [0.15, 0.2) is 9.66 Å². The van der Waals surface area contributed by atoms with E-state index < -0.39 is 0 Å². The third-order valence-corrected chi connectivity index (χ3v) is 0.923. The predicted octanol–water partition coefficient (Wildman–Crippen LogP) is 2.13. The van der Waals surface area contributed by atoms with Gasteiger partial charge in [0.1, 0.15) is 0 Å². The zero-order chi connectivity index (χ0) is 5.70. The first-order chi connectivity index (χ1) is 3.27. The Morgan fingerprint density at radius 3 is 2.71 bits per heavy atom. The number of hydrogen-bond acceptors (Lipinski definition) is 1. The van der Waals surface area contributed by atoms with Gasteiger partial charge < -0.3 is 4.74 Å². The van der Waals surface area contributed by atoms with E-state index in [0.717, 1.165) is 0 Å². The Hall–Kier alpha value is 0.430. The molecule has 1 nitrogen and oxygen atoms in total. The highest BCUT2D eigenvalue weighted by Crippen LogP contribution is 2.01. The third kappa shape index (κ3) is 6.43. The molecule has 0 saturated carbocycles. The average Bonchev–Trinajstić information content (AvgIpc) is 1.61. The Labute approximate surface area is 57.9 Å². The molecule has 0 aliphatic heterocycles. The molecule has 0 saturated heterocycles. The molecule has 0 atom stereocenters. The number of hydrogen-bond donors (Lipinski definition) is 0. The molecule has 0 unspecified atom stereocenters. The van der Waals surface area contributed by atoms with Crippen molar-refractivity contribution in [3.63, 3.8) is 0 Å². The molecule has 0 amide bonds. The molecule has 0 rings (SSSR count). The largest absolute Gasteiger partial charge is 0.375 e. The van der Waals surface area contributed by atoms with Gasteiger partial charge in [0.15, 0.2) is 0 Å². The van der Waals surface area contributed by atoms with Crippen molar-refractivity contribution >= 4 is 22.6 Å². The molecule has 0 heterocycles. The molecule has 7 heavy (non-hydrogen) atoms. The van der Waals surface area contributed by atoms with E-state index in [9.17, 15) is 0 Å².